The number of rotatable bonds is 3. The molecule has 0 atom stereocenters. The summed E-state index contributed by atoms with van der Waals surface area (Å²) in [4.78, 5) is 4.25. The van der Waals surface area contributed by atoms with Gasteiger partial charge in [-0.25, -0.2) is 4.98 Å². The molecule has 0 N–H and O–H groups in total. The third-order valence-electron chi connectivity index (χ3n) is 3.23. The number of hydrogen-bond donors (Lipinski definition) is 0. The van der Waals surface area contributed by atoms with Crippen LogP contribution in [0.2, 0.25) is 0 Å². The summed E-state index contributed by atoms with van der Waals surface area (Å²) in [5.74, 6) is 1.47. The Balaban J connectivity index is 1.91. The molecular weight excluding hydrogens is 266 g/mol. The van der Waals surface area contributed by atoms with Gasteiger partial charge in [0.25, 0.3) is 0 Å². The zero-order valence-electron chi connectivity index (χ0n) is 9.71. The minimum Gasteiger partial charge on any atom is -0.477 e. The highest BCUT2D eigenvalue weighted by Crippen LogP contribution is 2.28. The van der Waals surface area contributed by atoms with E-state index in [1.807, 2.05) is 6.07 Å². The van der Waals surface area contributed by atoms with Gasteiger partial charge in [-0.3, -0.25) is 0 Å². The van der Waals surface area contributed by atoms with Crippen molar-refractivity contribution in [3.63, 3.8) is 0 Å². The Kier molecular flexibility index (Phi) is 4.22. The van der Waals surface area contributed by atoms with Crippen molar-refractivity contribution in [1.29, 1.82) is 0 Å². The summed E-state index contributed by atoms with van der Waals surface area (Å²) in [5, 5.41) is 0. The number of halogens is 1. The Hall–Kier alpha value is -0.570. The highest BCUT2D eigenvalue weighted by molar-refractivity contribution is 9.10. The summed E-state index contributed by atoms with van der Waals surface area (Å²) in [6.45, 7) is 2.87. The average Bonchev–Trinajstić information content (AvgIpc) is 2.32. The van der Waals surface area contributed by atoms with Crippen molar-refractivity contribution >= 4 is 15.9 Å². The first kappa shape index (κ1) is 11.9. The van der Waals surface area contributed by atoms with E-state index in [1.165, 1.54) is 37.7 Å². The summed E-state index contributed by atoms with van der Waals surface area (Å²) < 4.78 is 6.79. The van der Waals surface area contributed by atoms with Crippen molar-refractivity contribution in [2.45, 2.75) is 39.0 Å². The topological polar surface area (TPSA) is 22.1 Å². The van der Waals surface area contributed by atoms with Gasteiger partial charge >= 0.3 is 0 Å². The summed E-state index contributed by atoms with van der Waals surface area (Å²) in [6, 6.07) is 1.98. The first-order valence-corrected chi connectivity index (χ1v) is 6.80. The summed E-state index contributed by atoms with van der Waals surface area (Å²) in [5.41, 5.74) is 1.17. The van der Waals surface area contributed by atoms with Crippen molar-refractivity contribution in [1.82, 2.24) is 4.98 Å². The van der Waals surface area contributed by atoms with E-state index in [-0.39, 0.29) is 0 Å². The second-order valence-corrected chi connectivity index (χ2v) is 5.36. The quantitative estimate of drug-likeness (QED) is 0.833. The van der Waals surface area contributed by atoms with Crippen LogP contribution in [0.3, 0.4) is 0 Å². The monoisotopic (exact) mass is 283 g/mol. The number of hydrogen-bond acceptors (Lipinski definition) is 2. The van der Waals surface area contributed by atoms with E-state index in [1.54, 1.807) is 6.20 Å². The molecule has 3 heteroatoms. The van der Waals surface area contributed by atoms with Gasteiger partial charge in [-0.15, -0.1) is 0 Å². The molecule has 0 unspecified atom stereocenters. The molecule has 0 amide bonds. The fourth-order valence-corrected chi connectivity index (χ4v) is 2.52. The Morgan fingerprint density at radius 1 is 1.38 bits per heavy atom. The van der Waals surface area contributed by atoms with Gasteiger partial charge in [-0.1, -0.05) is 19.3 Å². The van der Waals surface area contributed by atoms with Crippen LogP contribution >= 0.6 is 15.9 Å². The smallest absolute Gasteiger partial charge is 0.228 e. The molecule has 2 nitrogen and oxygen atoms in total. The van der Waals surface area contributed by atoms with Gasteiger partial charge in [0.2, 0.25) is 5.88 Å². The van der Waals surface area contributed by atoms with Gasteiger partial charge < -0.3 is 4.74 Å². The third kappa shape index (κ3) is 2.97. The molecule has 2 rings (SSSR count). The molecule has 16 heavy (non-hydrogen) atoms. The Labute approximate surface area is 106 Å². The molecule has 0 bridgehead atoms. The predicted molar refractivity (Wildman–Crippen MR) is 68.7 cm³/mol. The van der Waals surface area contributed by atoms with E-state index >= 15 is 0 Å². The van der Waals surface area contributed by atoms with Crippen LogP contribution in [-0.4, -0.2) is 11.6 Å². The number of aromatic nitrogens is 1. The second kappa shape index (κ2) is 5.67. The molecule has 1 aromatic rings. The van der Waals surface area contributed by atoms with E-state index in [9.17, 15) is 0 Å². The lowest BCUT2D eigenvalue weighted by atomic mass is 9.90. The van der Waals surface area contributed by atoms with Crippen LogP contribution in [0, 0.1) is 12.8 Å². The lowest BCUT2D eigenvalue weighted by Crippen LogP contribution is -2.15. The van der Waals surface area contributed by atoms with E-state index in [2.05, 4.69) is 27.8 Å². The summed E-state index contributed by atoms with van der Waals surface area (Å²) >= 11 is 3.52. The Bertz CT molecular complexity index is 348. The number of aryl methyl sites for hydroxylation is 1. The second-order valence-electron chi connectivity index (χ2n) is 4.56. The number of nitrogens with zero attached hydrogens (tertiary/aromatic N) is 1. The van der Waals surface area contributed by atoms with E-state index < -0.39 is 0 Å². The molecule has 0 spiro atoms. The minimum absolute atomic E-state index is 0.725. The van der Waals surface area contributed by atoms with Crippen LogP contribution in [0.1, 0.15) is 37.7 Å². The Morgan fingerprint density at radius 3 is 2.88 bits per heavy atom. The van der Waals surface area contributed by atoms with Crippen LogP contribution < -0.4 is 4.74 Å². The zero-order valence-corrected chi connectivity index (χ0v) is 11.3. The van der Waals surface area contributed by atoms with Crippen LogP contribution in [0.25, 0.3) is 0 Å². The maximum atomic E-state index is 5.80. The summed E-state index contributed by atoms with van der Waals surface area (Å²) in [6.07, 6.45) is 8.53. The molecular formula is C13H18BrNO. The van der Waals surface area contributed by atoms with Crippen molar-refractivity contribution in [3.8, 4) is 5.88 Å². The van der Waals surface area contributed by atoms with Crippen molar-refractivity contribution in [2.24, 2.45) is 5.92 Å². The molecule has 88 valence electrons. The number of ether oxygens (including phenoxy) is 1. The van der Waals surface area contributed by atoms with E-state index in [4.69, 9.17) is 4.74 Å². The van der Waals surface area contributed by atoms with Crippen LogP contribution in [0.15, 0.2) is 16.7 Å². The van der Waals surface area contributed by atoms with Gasteiger partial charge in [-0.2, -0.15) is 0 Å². The minimum atomic E-state index is 0.725. The molecule has 1 aliphatic rings. The van der Waals surface area contributed by atoms with Crippen molar-refractivity contribution in [3.05, 3.63) is 22.3 Å². The van der Waals surface area contributed by atoms with Crippen LogP contribution in [0.5, 0.6) is 5.88 Å². The summed E-state index contributed by atoms with van der Waals surface area (Å²) in [7, 11) is 0. The lowest BCUT2D eigenvalue weighted by molar-refractivity contribution is 0.201. The van der Waals surface area contributed by atoms with Gasteiger partial charge in [0.15, 0.2) is 0 Å². The van der Waals surface area contributed by atoms with Crippen LogP contribution in [0.4, 0.5) is 0 Å². The molecule has 0 aliphatic heterocycles. The van der Waals surface area contributed by atoms with E-state index in [0.29, 0.717) is 0 Å². The SMILES string of the molecule is Cc1ccnc(OCC2CCCCC2)c1Br. The molecule has 0 aromatic carbocycles. The highest BCUT2D eigenvalue weighted by Gasteiger charge is 2.15. The highest BCUT2D eigenvalue weighted by atomic mass is 79.9. The first-order valence-electron chi connectivity index (χ1n) is 6.01. The maximum absolute atomic E-state index is 5.80. The molecule has 0 radical (unpaired) electrons. The third-order valence-corrected chi connectivity index (χ3v) is 4.20. The first-order chi connectivity index (χ1) is 7.77. The largest absolute Gasteiger partial charge is 0.477 e. The normalized spacial score (nSPS) is 17.4. The molecule has 1 fully saturated rings. The van der Waals surface area contributed by atoms with Crippen molar-refractivity contribution < 1.29 is 4.74 Å². The molecule has 1 aromatic heterocycles. The van der Waals surface area contributed by atoms with Gasteiger partial charge in [0, 0.05) is 6.20 Å². The Morgan fingerprint density at radius 2 is 2.12 bits per heavy atom. The van der Waals surface area contributed by atoms with Gasteiger partial charge in [-0.05, 0) is 53.2 Å². The van der Waals surface area contributed by atoms with Crippen LogP contribution in [-0.2, 0) is 0 Å². The fourth-order valence-electron chi connectivity index (χ4n) is 2.17. The molecule has 0 saturated heterocycles. The van der Waals surface area contributed by atoms with Gasteiger partial charge in [0.05, 0.1) is 11.1 Å². The molecule has 1 aliphatic carbocycles. The maximum Gasteiger partial charge on any atom is 0.228 e. The molecule has 1 heterocycles. The fraction of sp³-hybridized carbons (Fsp3) is 0.615. The van der Waals surface area contributed by atoms with Crippen molar-refractivity contribution in [2.75, 3.05) is 6.61 Å². The standard InChI is InChI=1S/C13H18BrNO/c1-10-7-8-15-13(12(10)14)16-9-11-5-3-2-4-6-11/h7-8,11H,2-6,9H2,1H3. The predicted octanol–water partition coefficient (Wildman–Crippen LogP) is 4.11. The lowest BCUT2D eigenvalue weighted by Gasteiger charge is -2.21. The average molecular weight is 284 g/mol. The molecule has 1 saturated carbocycles. The van der Waals surface area contributed by atoms with Gasteiger partial charge in [0.1, 0.15) is 0 Å². The number of pyridine rings is 1. The zero-order chi connectivity index (χ0) is 11.4. The van der Waals surface area contributed by atoms with E-state index in [0.717, 1.165) is 22.9 Å².